The van der Waals surface area contributed by atoms with Crippen molar-refractivity contribution in [3.05, 3.63) is 47.0 Å². The molecule has 1 aliphatic carbocycles. The Morgan fingerprint density at radius 1 is 1.48 bits per heavy atom. The SMILES string of the molecule is Cc1[nH]nc(C(=O)N(Cc2ccccc2F)C2CC2)c1N. The van der Waals surface area contributed by atoms with Gasteiger partial charge in [0.05, 0.1) is 11.4 Å². The van der Waals surface area contributed by atoms with E-state index in [1.54, 1.807) is 30.0 Å². The molecule has 0 spiro atoms. The highest BCUT2D eigenvalue weighted by molar-refractivity contribution is 5.97. The van der Waals surface area contributed by atoms with Gasteiger partial charge in [0.2, 0.25) is 0 Å². The summed E-state index contributed by atoms with van der Waals surface area (Å²) in [4.78, 5) is 14.3. The average Bonchev–Trinajstić information content (AvgIpc) is 3.25. The minimum Gasteiger partial charge on any atom is -0.395 e. The molecule has 21 heavy (non-hydrogen) atoms. The van der Waals surface area contributed by atoms with Crippen molar-refractivity contribution < 1.29 is 9.18 Å². The largest absolute Gasteiger partial charge is 0.395 e. The number of hydrogen-bond acceptors (Lipinski definition) is 3. The highest BCUT2D eigenvalue weighted by Gasteiger charge is 2.35. The van der Waals surface area contributed by atoms with Gasteiger partial charge in [0.25, 0.3) is 5.91 Å². The number of anilines is 1. The summed E-state index contributed by atoms with van der Waals surface area (Å²) in [5.41, 5.74) is 7.62. The third-order valence-electron chi connectivity index (χ3n) is 3.74. The maximum Gasteiger partial charge on any atom is 0.277 e. The van der Waals surface area contributed by atoms with E-state index in [-0.39, 0.29) is 30.0 Å². The fourth-order valence-corrected chi connectivity index (χ4v) is 2.30. The summed E-state index contributed by atoms with van der Waals surface area (Å²) in [6, 6.07) is 6.64. The van der Waals surface area contributed by atoms with Gasteiger partial charge >= 0.3 is 0 Å². The van der Waals surface area contributed by atoms with Crippen LogP contribution in [0.25, 0.3) is 0 Å². The van der Waals surface area contributed by atoms with Crippen molar-refractivity contribution in [1.82, 2.24) is 15.1 Å². The normalized spacial score (nSPS) is 14.2. The highest BCUT2D eigenvalue weighted by Crippen LogP contribution is 2.31. The van der Waals surface area contributed by atoms with Crippen LogP contribution in [-0.2, 0) is 6.54 Å². The van der Waals surface area contributed by atoms with E-state index >= 15 is 0 Å². The molecular formula is C15H17FN4O. The lowest BCUT2D eigenvalue weighted by Gasteiger charge is -2.22. The maximum absolute atomic E-state index is 13.8. The number of nitrogen functional groups attached to an aromatic ring is 1. The zero-order valence-electron chi connectivity index (χ0n) is 11.8. The Labute approximate surface area is 121 Å². The second-order valence-corrected chi connectivity index (χ2v) is 5.37. The Hall–Kier alpha value is -2.37. The number of aromatic amines is 1. The lowest BCUT2D eigenvalue weighted by atomic mass is 10.2. The molecule has 1 saturated carbocycles. The second-order valence-electron chi connectivity index (χ2n) is 5.37. The molecule has 1 aliphatic rings. The number of nitrogens with one attached hydrogen (secondary N) is 1. The number of nitrogens with zero attached hydrogens (tertiary/aromatic N) is 2. The Morgan fingerprint density at radius 3 is 2.76 bits per heavy atom. The van der Waals surface area contributed by atoms with Gasteiger partial charge in [0.15, 0.2) is 5.69 Å². The van der Waals surface area contributed by atoms with Crippen molar-refractivity contribution >= 4 is 11.6 Å². The van der Waals surface area contributed by atoms with Gasteiger partial charge in [-0.15, -0.1) is 0 Å². The van der Waals surface area contributed by atoms with E-state index in [0.29, 0.717) is 16.9 Å². The fraction of sp³-hybridized carbons (Fsp3) is 0.333. The molecule has 1 aromatic carbocycles. The van der Waals surface area contributed by atoms with Crippen molar-refractivity contribution in [2.24, 2.45) is 0 Å². The number of benzene rings is 1. The molecule has 6 heteroatoms. The third-order valence-corrected chi connectivity index (χ3v) is 3.74. The van der Waals surface area contributed by atoms with E-state index in [4.69, 9.17) is 5.73 Å². The topological polar surface area (TPSA) is 75.0 Å². The van der Waals surface area contributed by atoms with E-state index < -0.39 is 0 Å². The molecule has 1 amide bonds. The van der Waals surface area contributed by atoms with Gasteiger partial charge in [-0.1, -0.05) is 18.2 Å². The van der Waals surface area contributed by atoms with Gasteiger partial charge in [-0.25, -0.2) is 4.39 Å². The summed E-state index contributed by atoms with van der Waals surface area (Å²) < 4.78 is 13.8. The number of H-pyrrole nitrogens is 1. The van der Waals surface area contributed by atoms with E-state index in [0.717, 1.165) is 12.8 Å². The first-order chi connectivity index (χ1) is 10.1. The monoisotopic (exact) mass is 288 g/mol. The van der Waals surface area contributed by atoms with E-state index in [1.165, 1.54) is 6.07 Å². The number of aryl methyl sites for hydroxylation is 1. The number of carbonyl (C=O) groups is 1. The number of carbonyl (C=O) groups excluding carboxylic acids is 1. The quantitative estimate of drug-likeness (QED) is 0.906. The standard InChI is InChI=1S/C15H17FN4O/c1-9-13(17)14(19-18-9)15(21)20(11-6-7-11)8-10-4-2-3-5-12(10)16/h2-5,11H,6-8,17H2,1H3,(H,18,19). The average molecular weight is 288 g/mol. The number of rotatable bonds is 4. The van der Waals surface area contributed by atoms with Crippen LogP contribution in [-0.4, -0.2) is 27.0 Å². The summed E-state index contributed by atoms with van der Waals surface area (Å²) in [6.07, 6.45) is 1.87. The first-order valence-electron chi connectivity index (χ1n) is 6.92. The van der Waals surface area contributed by atoms with Crippen molar-refractivity contribution in [3.63, 3.8) is 0 Å². The van der Waals surface area contributed by atoms with Crippen LogP contribution in [0.3, 0.4) is 0 Å². The van der Waals surface area contributed by atoms with Crippen molar-refractivity contribution in [2.45, 2.75) is 32.4 Å². The zero-order chi connectivity index (χ0) is 15.0. The molecule has 0 saturated heterocycles. The Bertz CT molecular complexity index is 678. The van der Waals surface area contributed by atoms with Crippen molar-refractivity contribution in [1.29, 1.82) is 0 Å². The summed E-state index contributed by atoms with van der Waals surface area (Å²) in [7, 11) is 0. The van der Waals surface area contributed by atoms with Crippen molar-refractivity contribution in [3.8, 4) is 0 Å². The molecule has 110 valence electrons. The lowest BCUT2D eigenvalue weighted by Crippen LogP contribution is -2.33. The second kappa shape index (κ2) is 5.20. The van der Waals surface area contributed by atoms with E-state index in [1.807, 2.05) is 0 Å². The number of nitrogens with two attached hydrogens (primary N) is 1. The van der Waals surface area contributed by atoms with Crippen LogP contribution in [0, 0.1) is 12.7 Å². The Morgan fingerprint density at radius 2 is 2.19 bits per heavy atom. The molecule has 0 atom stereocenters. The number of amides is 1. The molecule has 1 fully saturated rings. The first kappa shape index (κ1) is 13.6. The van der Waals surface area contributed by atoms with Crippen LogP contribution in [0.1, 0.15) is 34.6 Å². The van der Waals surface area contributed by atoms with Gasteiger partial charge < -0.3 is 10.6 Å². The molecule has 0 aliphatic heterocycles. The van der Waals surface area contributed by atoms with Gasteiger partial charge in [-0.2, -0.15) is 5.10 Å². The van der Waals surface area contributed by atoms with Crippen molar-refractivity contribution in [2.75, 3.05) is 5.73 Å². The summed E-state index contributed by atoms with van der Waals surface area (Å²) >= 11 is 0. The maximum atomic E-state index is 13.8. The number of halogens is 1. The molecule has 2 aromatic rings. The molecule has 0 unspecified atom stereocenters. The van der Waals surface area contributed by atoms with Crippen LogP contribution in [0.4, 0.5) is 10.1 Å². The van der Waals surface area contributed by atoms with Gasteiger partial charge in [0.1, 0.15) is 5.82 Å². The van der Waals surface area contributed by atoms with Gasteiger partial charge in [-0.05, 0) is 25.8 Å². The summed E-state index contributed by atoms with van der Waals surface area (Å²) in [6.45, 7) is 2.00. The minimum absolute atomic E-state index is 0.147. The molecule has 5 nitrogen and oxygen atoms in total. The molecule has 3 rings (SSSR count). The van der Waals surface area contributed by atoms with E-state index in [2.05, 4.69) is 10.2 Å². The fourth-order valence-electron chi connectivity index (χ4n) is 2.30. The number of hydrogen-bond donors (Lipinski definition) is 2. The minimum atomic E-state index is -0.304. The Balaban J connectivity index is 1.87. The number of aromatic nitrogens is 2. The van der Waals surface area contributed by atoms with Crippen LogP contribution in [0.15, 0.2) is 24.3 Å². The van der Waals surface area contributed by atoms with Crippen LogP contribution in [0.2, 0.25) is 0 Å². The third kappa shape index (κ3) is 2.61. The molecule has 1 heterocycles. The molecule has 0 bridgehead atoms. The lowest BCUT2D eigenvalue weighted by molar-refractivity contribution is 0.0723. The molecule has 1 aromatic heterocycles. The van der Waals surface area contributed by atoms with Gasteiger partial charge in [-0.3, -0.25) is 9.89 Å². The van der Waals surface area contributed by atoms with E-state index in [9.17, 15) is 9.18 Å². The first-order valence-corrected chi connectivity index (χ1v) is 6.92. The summed E-state index contributed by atoms with van der Waals surface area (Å²) in [5, 5.41) is 6.69. The van der Waals surface area contributed by atoms with Crippen LogP contribution >= 0.6 is 0 Å². The molecular weight excluding hydrogens is 271 g/mol. The predicted octanol–water partition coefficient (Wildman–Crippen LogP) is 2.24. The predicted molar refractivity (Wildman–Crippen MR) is 77.0 cm³/mol. The molecule has 0 radical (unpaired) electrons. The zero-order valence-corrected chi connectivity index (χ0v) is 11.8. The molecule has 3 N–H and O–H groups in total. The Kier molecular flexibility index (Phi) is 3.37. The highest BCUT2D eigenvalue weighted by atomic mass is 19.1. The van der Waals surface area contributed by atoms with Gasteiger partial charge in [0, 0.05) is 18.2 Å². The summed E-state index contributed by atoms with van der Waals surface area (Å²) in [5.74, 6) is -0.551. The van der Waals surface area contributed by atoms with Crippen LogP contribution < -0.4 is 5.73 Å². The van der Waals surface area contributed by atoms with Crippen LogP contribution in [0.5, 0.6) is 0 Å². The smallest absolute Gasteiger partial charge is 0.277 e.